The van der Waals surface area contributed by atoms with Gasteiger partial charge < -0.3 is 19.7 Å². The van der Waals surface area contributed by atoms with Crippen molar-refractivity contribution in [3.8, 4) is 11.5 Å². The normalized spacial score (nSPS) is 25.0. The molecule has 0 unspecified atom stereocenters. The number of aliphatic hydroxyl groups is 2. The molecule has 0 radical (unpaired) electrons. The molecule has 1 aliphatic carbocycles. The van der Waals surface area contributed by atoms with E-state index in [-0.39, 0.29) is 12.0 Å². The summed E-state index contributed by atoms with van der Waals surface area (Å²) in [5, 5.41) is 20.9. The van der Waals surface area contributed by atoms with Crippen molar-refractivity contribution in [1.29, 1.82) is 0 Å². The summed E-state index contributed by atoms with van der Waals surface area (Å²) in [4.78, 5) is 12.0. The maximum atomic E-state index is 12.0. The Kier molecular flexibility index (Phi) is 4.09. The number of aliphatic hydroxyl groups excluding tert-OH is 1. The number of fused-ring (bicyclic) bond motifs is 1. The first-order chi connectivity index (χ1) is 9.37. The summed E-state index contributed by atoms with van der Waals surface area (Å²) in [7, 11) is 2.97. The lowest BCUT2D eigenvalue weighted by molar-refractivity contribution is -0.152. The van der Waals surface area contributed by atoms with Crippen LogP contribution in [0.25, 0.3) is 0 Å². The second kappa shape index (κ2) is 5.35. The van der Waals surface area contributed by atoms with Gasteiger partial charge in [-0.25, -0.2) is 0 Å². The van der Waals surface area contributed by atoms with Crippen molar-refractivity contribution in [2.45, 2.75) is 31.5 Å². The third kappa shape index (κ3) is 2.03. The fourth-order valence-corrected chi connectivity index (χ4v) is 3.32. The Labute approximate surface area is 125 Å². The van der Waals surface area contributed by atoms with E-state index in [4.69, 9.17) is 9.47 Å². The molecular formula is C14H17BrO5. The molecular weight excluding hydrogens is 328 g/mol. The van der Waals surface area contributed by atoms with Crippen LogP contribution >= 0.6 is 15.9 Å². The minimum atomic E-state index is -1.98. The maximum Gasteiger partial charge on any atom is 0.177 e. The van der Waals surface area contributed by atoms with E-state index < -0.39 is 17.5 Å². The quantitative estimate of drug-likeness (QED) is 0.869. The average molecular weight is 345 g/mol. The molecule has 0 bridgehead atoms. The van der Waals surface area contributed by atoms with Gasteiger partial charge >= 0.3 is 0 Å². The second-order valence-corrected chi connectivity index (χ2v) is 5.68. The number of carbonyl (C=O) groups excluding carboxylic acids is 1. The minimum absolute atomic E-state index is 0.282. The van der Waals surface area contributed by atoms with Crippen LogP contribution in [0, 0.1) is 0 Å². The Morgan fingerprint density at radius 2 is 2.10 bits per heavy atom. The number of rotatable bonds is 3. The third-order valence-electron chi connectivity index (χ3n) is 3.79. The van der Waals surface area contributed by atoms with Gasteiger partial charge in [-0.05, 0) is 41.8 Å². The highest BCUT2D eigenvalue weighted by molar-refractivity contribution is 9.10. The average Bonchev–Trinajstić information content (AvgIpc) is 2.42. The number of methoxy groups -OCH3 is 2. The molecule has 0 saturated heterocycles. The van der Waals surface area contributed by atoms with E-state index in [0.29, 0.717) is 28.0 Å². The molecule has 20 heavy (non-hydrogen) atoms. The first-order valence-corrected chi connectivity index (χ1v) is 7.02. The molecule has 110 valence electrons. The van der Waals surface area contributed by atoms with Crippen molar-refractivity contribution in [2.24, 2.45) is 0 Å². The largest absolute Gasteiger partial charge is 0.496 e. The van der Waals surface area contributed by atoms with Crippen LogP contribution in [0.15, 0.2) is 10.5 Å². The summed E-state index contributed by atoms with van der Waals surface area (Å²) in [6.07, 6.45) is -0.385. The van der Waals surface area contributed by atoms with Crippen molar-refractivity contribution in [1.82, 2.24) is 0 Å². The van der Waals surface area contributed by atoms with Gasteiger partial charge in [0.15, 0.2) is 11.4 Å². The molecule has 0 amide bonds. The van der Waals surface area contributed by atoms with Crippen LogP contribution in [0.5, 0.6) is 11.5 Å². The predicted octanol–water partition coefficient (Wildman–Crippen LogP) is 1.55. The standard InChI is InChI=1S/C14H17BrO5/c1-7(16)14(18)11(17)5-4-8-10(19-2)6-9(15)13(20-3)12(8)14/h6,11,17-18H,4-5H2,1-3H3/t11-,14-/m1/s1. The Bertz CT molecular complexity index is 557. The molecule has 1 aliphatic rings. The predicted molar refractivity (Wildman–Crippen MR) is 76.2 cm³/mol. The molecule has 5 nitrogen and oxygen atoms in total. The number of Topliss-reactive ketones (excluding diaryl/α,β-unsaturated/α-hetero) is 1. The van der Waals surface area contributed by atoms with Crippen LogP contribution in [0.4, 0.5) is 0 Å². The highest BCUT2D eigenvalue weighted by atomic mass is 79.9. The van der Waals surface area contributed by atoms with Crippen LogP contribution in [-0.4, -0.2) is 36.3 Å². The number of ketones is 1. The fourth-order valence-electron chi connectivity index (χ4n) is 2.75. The monoisotopic (exact) mass is 344 g/mol. The maximum absolute atomic E-state index is 12.0. The first kappa shape index (κ1) is 15.3. The Balaban J connectivity index is 2.84. The molecule has 1 aromatic carbocycles. The van der Waals surface area contributed by atoms with E-state index in [1.54, 1.807) is 6.07 Å². The van der Waals surface area contributed by atoms with Gasteiger partial charge in [-0.15, -0.1) is 0 Å². The second-order valence-electron chi connectivity index (χ2n) is 4.82. The van der Waals surface area contributed by atoms with E-state index in [9.17, 15) is 15.0 Å². The van der Waals surface area contributed by atoms with E-state index in [1.807, 2.05) is 0 Å². The zero-order chi connectivity index (χ0) is 15.1. The molecule has 6 heteroatoms. The third-order valence-corrected chi connectivity index (χ3v) is 4.38. The van der Waals surface area contributed by atoms with Crippen LogP contribution in [0.2, 0.25) is 0 Å². The van der Waals surface area contributed by atoms with Crippen molar-refractivity contribution in [3.63, 3.8) is 0 Å². The van der Waals surface area contributed by atoms with E-state index in [0.717, 1.165) is 0 Å². The number of hydrogen-bond acceptors (Lipinski definition) is 5. The fraction of sp³-hybridized carbons (Fsp3) is 0.500. The van der Waals surface area contributed by atoms with E-state index in [1.165, 1.54) is 21.1 Å². The lowest BCUT2D eigenvalue weighted by atomic mass is 9.74. The molecule has 2 rings (SSSR count). The number of hydrogen-bond donors (Lipinski definition) is 2. The zero-order valence-corrected chi connectivity index (χ0v) is 13.2. The van der Waals surface area contributed by atoms with E-state index >= 15 is 0 Å². The van der Waals surface area contributed by atoms with Crippen molar-refractivity contribution >= 4 is 21.7 Å². The summed E-state index contributed by atoms with van der Waals surface area (Å²) >= 11 is 3.34. The zero-order valence-electron chi connectivity index (χ0n) is 11.6. The SMILES string of the molecule is COc1cc(Br)c(OC)c2c1CC[C@@H](O)[C@]2(O)C(C)=O. The van der Waals surface area contributed by atoms with Crippen molar-refractivity contribution in [3.05, 3.63) is 21.7 Å². The van der Waals surface area contributed by atoms with Gasteiger partial charge in [0, 0.05) is 11.1 Å². The van der Waals surface area contributed by atoms with Crippen LogP contribution < -0.4 is 9.47 Å². The van der Waals surface area contributed by atoms with Gasteiger partial charge in [0.2, 0.25) is 0 Å². The number of benzene rings is 1. The number of halogens is 1. The molecule has 2 atom stereocenters. The van der Waals surface area contributed by atoms with Crippen LogP contribution in [-0.2, 0) is 16.8 Å². The molecule has 0 saturated carbocycles. The van der Waals surface area contributed by atoms with Crippen molar-refractivity contribution < 1.29 is 24.5 Å². The number of ether oxygens (including phenoxy) is 2. The molecule has 0 heterocycles. The Morgan fingerprint density at radius 1 is 1.45 bits per heavy atom. The van der Waals surface area contributed by atoms with Crippen molar-refractivity contribution in [2.75, 3.05) is 14.2 Å². The highest BCUT2D eigenvalue weighted by Crippen LogP contribution is 2.48. The summed E-state index contributed by atoms with van der Waals surface area (Å²) in [6, 6.07) is 1.73. The van der Waals surface area contributed by atoms with Crippen LogP contribution in [0.1, 0.15) is 24.5 Å². The molecule has 0 aliphatic heterocycles. The number of carbonyl (C=O) groups is 1. The van der Waals surface area contributed by atoms with E-state index in [2.05, 4.69) is 15.9 Å². The summed E-state index contributed by atoms with van der Waals surface area (Å²) in [6.45, 7) is 1.26. The summed E-state index contributed by atoms with van der Waals surface area (Å²) in [5.41, 5.74) is -0.997. The minimum Gasteiger partial charge on any atom is -0.496 e. The molecule has 0 aromatic heterocycles. The van der Waals surface area contributed by atoms with Gasteiger partial charge in [-0.2, -0.15) is 0 Å². The van der Waals surface area contributed by atoms with Gasteiger partial charge in [0.05, 0.1) is 24.8 Å². The summed E-state index contributed by atoms with van der Waals surface area (Å²) in [5.74, 6) is 0.376. The lowest BCUT2D eigenvalue weighted by Crippen LogP contribution is -2.49. The van der Waals surface area contributed by atoms with Gasteiger partial charge in [0.25, 0.3) is 0 Å². The molecule has 2 N–H and O–H groups in total. The van der Waals surface area contributed by atoms with Gasteiger partial charge in [-0.1, -0.05) is 0 Å². The van der Waals surface area contributed by atoms with Gasteiger partial charge in [-0.3, -0.25) is 4.79 Å². The lowest BCUT2D eigenvalue weighted by Gasteiger charge is -2.38. The smallest absolute Gasteiger partial charge is 0.177 e. The van der Waals surface area contributed by atoms with Crippen LogP contribution in [0.3, 0.4) is 0 Å². The topological polar surface area (TPSA) is 76.0 Å². The molecule has 0 fully saturated rings. The van der Waals surface area contributed by atoms with Gasteiger partial charge in [0.1, 0.15) is 11.5 Å². The molecule has 0 spiro atoms. The summed E-state index contributed by atoms with van der Waals surface area (Å²) < 4.78 is 11.2. The highest BCUT2D eigenvalue weighted by Gasteiger charge is 2.49. The Morgan fingerprint density at radius 3 is 2.60 bits per heavy atom. The first-order valence-electron chi connectivity index (χ1n) is 6.23. The Hall–Kier alpha value is -1.11. The molecule has 1 aromatic rings.